The van der Waals surface area contributed by atoms with E-state index in [2.05, 4.69) is 32.3 Å². The first-order chi connectivity index (χ1) is 9.72. The largest absolute Gasteiger partial charge is 0.382 e. The van der Waals surface area contributed by atoms with Gasteiger partial charge in [0.1, 0.15) is 5.82 Å². The average molecular weight is 281 g/mol. The Hall–Kier alpha value is -1.14. The number of ether oxygens (including phenoxy) is 1. The van der Waals surface area contributed by atoms with E-state index >= 15 is 0 Å². The number of rotatable bonds is 7. The molecule has 0 aromatic carbocycles. The molecular weight excluding hydrogens is 254 g/mol. The summed E-state index contributed by atoms with van der Waals surface area (Å²) in [6.45, 7) is 5.29. The minimum Gasteiger partial charge on any atom is -0.382 e. The molecule has 2 N–H and O–H groups in total. The fourth-order valence-corrected chi connectivity index (χ4v) is 2.62. The Balaban J connectivity index is 1.80. The topological polar surface area (TPSA) is 66.1 Å². The molecule has 2 rings (SSSR count). The van der Waals surface area contributed by atoms with Crippen molar-refractivity contribution in [3.05, 3.63) is 5.82 Å². The molecule has 0 aliphatic carbocycles. The molecule has 1 aliphatic heterocycles. The van der Waals surface area contributed by atoms with E-state index in [0.717, 1.165) is 50.2 Å². The Kier molecular flexibility index (Phi) is 5.79. The minimum absolute atomic E-state index is 0.265. The quantitative estimate of drug-likeness (QED) is 0.786. The number of aromatic amines is 1. The summed E-state index contributed by atoms with van der Waals surface area (Å²) in [5.41, 5.74) is 0. The van der Waals surface area contributed by atoms with Crippen molar-refractivity contribution in [2.75, 3.05) is 38.7 Å². The van der Waals surface area contributed by atoms with E-state index in [1.807, 2.05) is 7.05 Å². The van der Waals surface area contributed by atoms with Crippen LogP contribution in [0, 0.1) is 5.92 Å². The minimum atomic E-state index is 0.265. The molecule has 0 saturated carbocycles. The zero-order valence-electron chi connectivity index (χ0n) is 12.9. The first kappa shape index (κ1) is 15.3. The molecule has 1 fully saturated rings. The molecule has 114 valence electrons. The van der Waals surface area contributed by atoms with Crippen LogP contribution in [0.1, 0.15) is 32.0 Å². The van der Waals surface area contributed by atoms with Gasteiger partial charge in [-0.2, -0.15) is 4.98 Å². The molecular formula is C14H27N5O. The van der Waals surface area contributed by atoms with Gasteiger partial charge in [-0.05, 0) is 45.7 Å². The first-order valence-electron chi connectivity index (χ1n) is 7.56. The highest BCUT2D eigenvalue weighted by molar-refractivity contribution is 5.29. The molecule has 6 nitrogen and oxygen atoms in total. The van der Waals surface area contributed by atoms with Gasteiger partial charge in [0.25, 0.3) is 0 Å². The lowest BCUT2D eigenvalue weighted by Crippen LogP contribution is -2.37. The van der Waals surface area contributed by atoms with E-state index in [0.29, 0.717) is 0 Å². The zero-order valence-corrected chi connectivity index (χ0v) is 12.9. The molecule has 20 heavy (non-hydrogen) atoms. The van der Waals surface area contributed by atoms with E-state index < -0.39 is 0 Å². The maximum atomic E-state index is 5.25. The van der Waals surface area contributed by atoms with Crippen LogP contribution < -0.4 is 10.2 Å². The lowest BCUT2D eigenvalue weighted by molar-refractivity contribution is 0.111. The van der Waals surface area contributed by atoms with Crippen LogP contribution in [0.25, 0.3) is 0 Å². The predicted octanol–water partition coefficient (Wildman–Crippen LogP) is 1.21. The number of hydrogen-bond donors (Lipinski definition) is 2. The third-order valence-corrected chi connectivity index (χ3v) is 4.10. The molecule has 1 aliphatic rings. The van der Waals surface area contributed by atoms with Crippen molar-refractivity contribution in [1.82, 2.24) is 20.5 Å². The molecule has 1 aromatic rings. The number of anilines is 1. The summed E-state index contributed by atoms with van der Waals surface area (Å²) in [6.07, 6.45) is 4.55. The highest BCUT2D eigenvalue weighted by atomic mass is 16.5. The van der Waals surface area contributed by atoms with Crippen LogP contribution in [-0.2, 0) is 11.2 Å². The van der Waals surface area contributed by atoms with Gasteiger partial charge in [0.05, 0.1) is 6.10 Å². The van der Waals surface area contributed by atoms with Crippen molar-refractivity contribution in [3.8, 4) is 0 Å². The normalized spacial score (nSPS) is 18.4. The second-order valence-electron chi connectivity index (χ2n) is 5.66. The number of aromatic nitrogens is 3. The van der Waals surface area contributed by atoms with E-state index in [-0.39, 0.29) is 6.10 Å². The lowest BCUT2D eigenvalue weighted by atomic mass is 9.97. The molecule has 1 saturated heterocycles. The summed E-state index contributed by atoms with van der Waals surface area (Å²) in [5, 5.41) is 10.7. The number of hydrogen-bond acceptors (Lipinski definition) is 5. The Morgan fingerprint density at radius 3 is 2.85 bits per heavy atom. The molecule has 1 unspecified atom stereocenters. The highest BCUT2D eigenvalue weighted by Gasteiger charge is 2.21. The Bertz CT molecular complexity index is 387. The van der Waals surface area contributed by atoms with Crippen LogP contribution in [0.4, 0.5) is 5.95 Å². The summed E-state index contributed by atoms with van der Waals surface area (Å²) in [7, 11) is 3.76. The van der Waals surface area contributed by atoms with Crippen LogP contribution in [0.5, 0.6) is 0 Å². The lowest BCUT2D eigenvalue weighted by Gasteiger charge is -2.30. The number of piperidine rings is 1. The number of methoxy groups -OCH3 is 1. The van der Waals surface area contributed by atoms with Crippen molar-refractivity contribution in [2.45, 2.75) is 38.7 Å². The van der Waals surface area contributed by atoms with Gasteiger partial charge in [0.2, 0.25) is 5.95 Å². The molecule has 1 atom stereocenters. The summed E-state index contributed by atoms with van der Waals surface area (Å²) in [6, 6.07) is 0. The second kappa shape index (κ2) is 7.59. The molecule has 2 heterocycles. The van der Waals surface area contributed by atoms with Crippen molar-refractivity contribution in [1.29, 1.82) is 0 Å². The van der Waals surface area contributed by atoms with Crippen LogP contribution in [-0.4, -0.2) is 55.1 Å². The first-order valence-corrected chi connectivity index (χ1v) is 7.56. The zero-order chi connectivity index (χ0) is 14.4. The molecule has 6 heteroatoms. The van der Waals surface area contributed by atoms with Gasteiger partial charge in [-0.3, -0.25) is 5.10 Å². The van der Waals surface area contributed by atoms with E-state index in [1.165, 1.54) is 12.8 Å². The van der Waals surface area contributed by atoms with Crippen LogP contribution in [0.2, 0.25) is 0 Å². The standard InChI is InChI=1S/C14H27N5O/c1-11(20-3)4-5-13-16-14(18-17-13)19-8-6-12(7-9-19)10-15-2/h11-12,15H,4-10H2,1-3H3,(H,16,17,18). The van der Waals surface area contributed by atoms with Gasteiger partial charge in [0, 0.05) is 26.6 Å². The van der Waals surface area contributed by atoms with Gasteiger partial charge in [-0.1, -0.05) is 0 Å². The fraction of sp³-hybridized carbons (Fsp3) is 0.857. The molecule has 1 aromatic heterocycles. The van der Waals surface area contributed by atoms with Crippen molar-refractivity contribution in [2.24, 2.45) is 5.92 Å². The monoisotopic (exact) mass is 281 g/mol. The summed E-state index contributed by atoms with van der Waals surface area (Å²) >= 11 is 0. The van der Waals surface area contributed by atoms with Crippen LogP contribution in [0.3, 0.4) is 0 Å². The van der Waals surface area contributed by atoms with Gasteiger partial charge >= 0.3 is 0 Å². The summed E-state index contributed by atoms with van der Waals surface area (Å²) in [5.74, 6) is 2.60. The number of nitrogens with one attached hydrogen (secondary N) is 2. The molecule has 0 spiro atoms. The van der Waals surface area contributed by atoms with Crippen molar-refractivity contribution < 1.29 is 4.74 Å². The van der Waals surface area contributed by atoms with Gasteiger partial charge in [0.15, 0.2) is 0 Å². The van der Waals surface area contributed by atoms with Gasteiger partial charge < -0.3 is 15.0 Å². The molecule has 0 radical (unpaired) electrons. The SMILES string of the molecule is CNCC1CCN(c2n[nH]c(CCC(C)OC)n2)CC1. The molecule has 0 amide bonds. The van der Waals surface area contributed by atoms with Crippen molar-refractivity contribution in [3.63, 3.8) is 0 Å². The Morgan fingerprint density at radius 1 is 1.45 bits per heavy atom. The third kappa shape index (κ3) is 4.18. The number of aryl methyl sites for hydroxylation is 1. The Morgan fingerprint density at radius 2 is 2.20 bits per heavy atom. The van der Waals surface area contributed by atoms with Gasteiger partial charge in [-0.25, -0.2) is 0 Å². The van der Waals surface area contributed by atoms with Crippen LogP contribution >= 0.6 is 0 Å². The predicted molar refractivity (Wildman–Crippen MR) is 80.0 cm³/mol. The second-order valence-corrected chi connectivity index (χ2v) is 5.66. The summed E-state index contributed by atoms with van der Waals surface area (Å²) < 4.78 is 5.25. The summed E-state index contributed by atoms with van der Waals surface area (Å²) in [4.78, 5) is 6.88. The number of H-pyrrole nitrogens is 1. The molecule has 0 bridgehead atoms. The average Bonchev–Trinajstić information content (AvgIpc) is 2.95. The third-order valence-electron chi connectivity index (χ3n) is 4.10. The van der Waals surface area contributed by atoms with Crippen molar-refractivity contribution >= 4 is 5.95 Å². The fourth-order valence-electron chi connectivity index (χ4n) is 2.62. The van der Waals surface area contributed by atoms with E-state index in [4.69, 9.17) is 4.74 Å². The highest BCUT2D eigenvalue weighted by Crippen LogP contribution is 2.20. The smallest absolute Gasteiger partial charge is 0.244 e. The van der Waals surface area contributed by atoms with Gasteiger partial charge in [-0.15, -0.1) is 5.10 Å². The van der Waals surface area contributed by atoms with E-state index in [9.17, 15) is 0 Å². The maximum Gasteiger partial charge on any atom is 0.244 e. The maximum absolute atomic E-state index is 5.25. The number of nitrogens with zero attached hydrogens (tertiary/aromatic N) is 3. The van der Waals surface area contributed by atoms with E-state index in [1.54, 1.807) is 7.11 Å². The Labute approximate surface area is 121 Å². The van der Waals surface area contributed by atoms with Crippen LogP contribution in [0.15, 0.2) is 0 Å².